The normalized spacial score (nSPS) is 11.4. The summed E-state index contributed by atoms with van der Waals surface area (Å²) in [6, 6.07) is 65.8. The summed E-state index contributed by atoms with van der Waals surface area (Å²) in [7, 11) is 0. The maximum Gasteiger partial charge on any atom is 0.417 e. The highest BCUT2D eigenvalue weighted by atomic mass is 19.4. The van der Waals surface area contributed by atoms with E-state index in [4.69, 9.17) is 0 Å². The van der Waals surface area contributed by atoms with Crippen LogP contribution in [0.2, 0.25) is 0 Å². The number of halogens is 3. The number of fused-ring (bicyclic) bond motifs is 6. The zero-order valence-electron chi connectivity index (χ0n) is 35.7. The van der Waals surface area contributed by atoms with E-state index in [1.54, 1.807) is 36.4 Å². The van der Waals surface area contributed by atoms with Crippen molar-refractivity contribution in [1.82, 2.24) is 9.13 Å². The van der Waals surface area contributed by atoms with Crippen LogP contribution in [0.5, 0.6) is 0 Å². The van der Waals surface area contributed by atoms with Crippen molar-refractivity contribution in [2.24, 2.45) is 0 Å². The van der Waals surface area contributed by atoms with Gasteiger partial charge in [-0.25, -0.2) is 0 Å². The first-order chi connectivity index (χ1) is 33.2. The van der Waals surface area contributed by atoms with Crippen LogP contribution in [0.1, 0.15) is 27.8 Å². The molecule has 68 heavy (non-hydrogen) atoms. The second kappa shape index (κ2) is 16.1. The molecule has 9 aromatic carbocycles. The van der Waals surface area contributed by atoms with Gasteiger partial charge in [-0.3, -0.25) is 0 Å². The Hall–Kier alpha value is -9.67. The van der Waals surface area contributed by atoms with Crippen LogP contribution in [0.15, 0.2) is 188 Å². The fourth-order valence-corrected chi connectivity index (χ4v) is 9.77. The summed E-state index contributed by atoms with van der Waals surface area (Å²) >= 11 is 0. The minimum Gasteiger partial charge on any atom is -0.309 e. The molecule has 0 aliphatic rings. The molecule has 0 aliphatic heterocycles. The molecule has 9 heteroatoms. The fraction of sp³-hybridized carbons (Fsp3) is 0.0169. The summed E-state index contributed by atoms with van der Waals surface area (Å²) in [5, 5.41) is 44.4. The fourth-order valence-electron chi connectivity index (χ4n) is 9.77. The summed E-state index contributed by atoms with van der Waals surface area (Å²) < 4.78 is 49.1. The lowest BCUT2D eigenvalue weighted by Gasteiger charge is -2.21. The molecule has 0 amide bonds. The Balaban J connectivity index is 1.24. The molecule has 2 heterocycles. The van der Waals surface area contributed by atoms with Crippen molar-refractivity contribution < 1.29 is 13.2 Å². The molecular formula is C59H31F3N6. The number of benzene rings is 9. The summed E-state index contributed by atoms with van der Waals surface area (Å²) in [6.45, 7) is 0. The minimum atomic E-state index is -4.79. The number of nitrogens with zero attached hydrogens (tertiary/aromatic N) is 6. The van der Waals surface area contributed by atoms with Crippen LogP contribution in [0, 0.1) is 45.3 Å². The molecule has 0 spiro atoms. The third kappa shape index (κ3) is 6.54. The van der Waals surface area contributed by atoms with E-state index in [0.29, 0.717) is 39.2 Å². The highest BCUT2D eigenvalue weighted by Crippen LogP contribution is 2.46. The number of hydrogen-bond donors (Lipinski definition) is 0. The summed E-state index contributed by atoms with van der Waals surface area (Å²) in [4.78, 5) is 0. The van der Waals surface area contributed by atoms with E-state index in [9.17, 15) is 34.2 Å². The molecule has 318 valence electrons. The van der Waals surface area contributed by atoms with E-state index in [2.05, 4.69) is 39.5 Å². The minimum absolute atomic E-state index is 0.120. The lowest BCUT2D eigenvalue weighted by atomic mass is 9.90. The van der Waals surface area contributed by atoms with Crippen LogP contribution >= 0.6 is 0 Å². The van der Waals surface area contributed by atoms with Gasteiger partial charge in [0.15, 0.2) is 0 Å². The number of hydrogen-bond acceptors (Lipinski definition) is 4. The number of nitriles is 4. The highest BCUT2D eigenvalue weighted by molar-refractivity contribution is 6.13. The molecule has 0 radical (unpaired) electrons. The first kappa shape index (κ1) is 41.1. The Labute approximate surface area is 387 Å². The predicted molar refractivity (Wildman–Crippen MR) is 261 cm³/mol. The molecule has 0 bridgehead atoms. The average molecular weight is 881 g/mol. The molecule has 0 atom stereocenters. The van der Waals surface area contributed by atoms with Crippen molar-refractivity contribution in [2.75, 3.05) is 0 Å². The van der Waals surface area contributed by atoms with Crippen LogP contribution in [-0.4, -0.2) is 9.13 Å². The molecule has 0 unspecified atom stereocenters. The van der Waals surface area contributed by atoms with Gasteiger partial charge in [-0.2, -0.15) is 34.2 Å². The second-order valence-corrected chi connectivity index (χ2v) is 16.4. The molecule has 11 rings (SSSR count). The van der Waals surface area contributed by atoms with Crippen molar-refractivity contribution in [2.45, 2.75) is 6.18 Å². The van der Waals surface area contributed by atoms with Crippen molar-refractivity contribution in [1.29, 1.82) is 21.0 Å². The maximum absolute atomic E-state index is 15.0. The Morgan fingerprint density at radius 1 is 0.353 bits per heavy atom. The van der Waals surface area contributed by atoms with Crippen molar-refractivity contribution in [3.63, 3.8) is 0 Å². The lowest BCUT2D eigenvalue weighted by Crippen LogP contribution is -2.08. The van der Waals surface area contributed by atoms with Gasteiger partial charge in [-0.1, -0.05) is 103 Å². The first-order valence-electron chi connectivity index (χ1n) is 21.6. The molecule has 2 aromatic heterocycles. The van der Waals surface area contributed by atoms with Gasteiger partial charge in [0.2, 0.25) is 0 Å². The Morgan fingerprint density at radius 3 is 1.40 bits per heavy atom. The summed E-state index contributed by atoms with van der Waals surface area (Å²) in [5.74, 6) is 0. The predicted octanol–water partition coefficient (Wildman–Crippen LogP) is 15.1. The summed E-state index contributed by atoms with van der Waals surface area (Å²) in [6.07, 6.45) is -4.79. The Morgan fingerprint density at radius 2 is 0.838 bits per heavy atom. The van der Waals surface area contributed by atoms with Crippen LogP contribution < -0.4 is 0 Å². The maximum atomic E-state index is 15.0. The van der Waals surface area contributed by atoms with Gasteiger partial charge in [0, 0.05) is 32.7 Å². The highest BCUT2D eigenvalue weighted by Gasteiger charge is 2.34. The van der Waals surface area contributed by atoms with E-state index < -0.39 is 11.7 Å². The zero-order chi connectivity index (χ0) is 46.7. The van der Waals surface area contributed by atoms with Crippen molar-refractivity contribution in [3.8, 4) is 80.2 Å². The monoisotopic (exact) mass is 880 g/mol. The Bertz CT molecular complexity index is 4090. The molecule has 0 saturated carbocycles. The molecule has 0 aliphatic carbocycles. The van der Waals surface area contributed by atoms with Gasteiger partial charge in [-0.15, -0.1) is 0 Å². The topological polar surface area (TPSA) is 105 Å². The average Bonchev–Trinajstić information content (AvgIpc) is 3.89. The molecule has 11 aromatic rings. The van der Waals surface area contributed by atoms with Crippen LogP contribution in [0.4, 0.5) is 13.2 Å². The third-order valence-corrected chi connectivity index (χ3v) is 12.7. The van der Waals surface area contributed by atoms with Gasteiger partial charge in [0.05, 0.1) is 85.5 Å². The molecule has 0 N–H and O–H groups in total. The third-order valence-electron chi connectivity index (χ3n) is 12.7. The van der Waals surface area contributed by atoms with E-state index in [1.807, 2.05) is 127 Å². The standard InChI is InChI=1S/C59H31F3N6/c60-59(61,62)51-28-36(32-63)20-24-45(51)39-23-27-56(67-52-17-7-5-15-46(52)48-29-37(21-25-54(48)67)43-13-3-1-10-40(43)33-64)50(31-39)58-42(35-66)12-9-19-57(58)68-53-18-8-6-16-47(53)49-30-38(22-26-55(49)68)44-14-4-2-11-41(44)34-65/h1-31H. The smallest absolute Gasteiger partial charge is 0.309 e. The molecular weight excluding hydrogens is 850 g/mol. The van der Waals surface area contributed by atoms with Gasteiger partial charge in [0.25, 0.3) is 0 Å². The number of rotatable bonds is 6. The summed E-state index contributed by atoms with van der Waals surface area (Å²) in [5.41, 5.74) is 9.11. The second-order valence-electron chi connectivity index (χ2n) is 16.4. The largest absolute Gasteiger partial charge is 0.417 e. The lowest BCUT2D eigenvalue weighted by molar-refractivity contribution is -0.137. The molecule has 0 saturated heterocycles. The van der Waals surface area contributed by atoms with Crippen LogP contribution in [-0.2, 0) is 6.18 Å². The van der Waals surface area contributed by atoms with E-state index >= 15 is 0 Å². The van der Waals surface area contributed by atoms with E-state index in [0.717, 1.165) is 71.9 Å². The van der Waals surface area contributed by atoms with Crippen LogP contribution in [0.25, 0.3) is 99.5 Å². The quantitative estimate of drug-likeness (QED) is 0.166. The number of para-hydroxylation sites is 2. The van der Waals surface area contributed by atoms with Crippen molar-refractivity contribution >= 4 is 43.6 Å². The molecule has 6 nitrogen and oxygen atoms in total. The van der Waals surface area contributed by atoms with Gasteiger partial charge < -0.3 is 9.13 Å². The SMILES string of the molecule is N#Cc1ccc(-c2ccc(-n3c4ccccc4c4cc(-c5ccccc5C#N)ccc43)c(-c3c(C#N)cccc3-n3c4ccccc4c4cc(-c5ccccc5C#N)ccc43)c2)c(C(F)(F)F)c1. The van der Waals surface area contributed by atoms with E-state index in [-0.39, 0.29) is 16.7 Å². The Kier molecular flexibility index (Phi) is 9.72. The van der Waals surface area contributed by atoms with Gasteiger partial charge in [-0.05, 0) is 118 Å². The van der Waals surface area contributed by atoms with Gasteiger partial charge in [0.1, 0.15) is 0 Å². The number of alkyl halides is 3. The van der Waals surface area contributed by atoms with Crippen LogP contribution in [0.3, 0.4) is 0 Å². The zero-order valence-corrected chi connectivity index (χ0v) is 35.7. The molecule has 0 fully saturated rings. The first-order valence-corrected chi connectivity index (χ1v) is 21.6. The van der Waals surface area contributed by atoms with Crippen molar-refractivity contribution in [3.05, 3.63) is 216 Å². The number of aromatic nitrogens is 2. The van der Waals surface area contributed by atoms with E-state index in [1.165, 1.54) is 12.1 Å². The van der Waals surface area contributed by atoms with Gasteiger partial charge >= 0.3 is 6.18 Å².